The van der Waals surface area contributed by atoms with Crippen LogP contribution >= 0.6 is 0 Å². The molecule has 4 aliphatic rings. The topological polar surface area (TPSA) is 85.3 Å². The van der Waals surface area contributed by atoms with Gasteiger partial charge in [-0.15, -0.1) is 0 Å². The summed E-state index contributed by atoms with van der Waals surface area (Å²) in [6, 6.07) is 7.93. The second-order valence-electron chi connectivity index (χ2n) is 9.71. The third-order valence-electron chi connectivity index (χ3n) is 6.44. The zero-order chi connectivity index (χ0) is 22.9. The molecule has 3 heterocycles. The maximum Gasteiger partial charge on any atom is 0.265 e. The van der Waals surface area contributed by atoms with Crippen LogP contribution < -0.4 is 4.74 Å². The van der Waals surface area contributed by atoms with Crippen molar-refractivity contribution in [2.24, 2.45) is 4.40 Å². The predicted octanol–water partition coefficient (Wildman–Crippen LogP) is 4.15. The molecule has 0 atom stereocenters. The van der Waals surface area contributed by atoms with Gasteiger partial charge in [0.2, 0.25) is 0 Å². The first kappa shape index (κ1) is 22.8. The SMILES string of the molecule is CC(C)(C)S(=O)(=O)/N=C1CCCN2C(=O)COc3ccccc3C3CCC(CC3)O\C=C\12. The Balaban J connectivity index is 1.71. The maximum absolute atomic E-state index is 13.1. The van der Waals surface area contributed by atoms with E-state index in [2.05, 4.69) is 10.5 Å². The van der Waals surface area contributed by atoms with Crippen molar-refractivity contribution < 1.29 is 22.7 Å². The number of carbonyl (C=O) groups excluding carboxylic acids is 1. The van der Waals surface area contributed by atoms with E-state index < -0.39 is 14.8 Å². The molecule has 1 aromatic rings. The van der Waals surface area contributed by atoms with E-state index >= 15 is 0 Å². The summed E-state index contributed by atoms with van der Waals surface area (Å²) >= 11 is 0. The zero-order valence-corrected chi connectivity index (χ0v) is 19.9. The third kappa shape index (κ3) is 4.70. The minimum atomic E-state index is -3.75. The smallest absolute Gasteiger partial charge is 0.265 e. The molecule has 7 nitrogen and oxygen atoms in total. The molecular weight excluding hydrogens is 428 g/mol. The highest BCUT2D eigenvalue weighted by atomic mass is 32.2. The Kier molecular flexibility index (Phi) is 6.34. The van der Waals surface area contributed by atoms with Gasteiger partial charge in [0.05, 0.1) is 16.6 Å². The molecule has 2 bridgehead atoms. The van der Waals surface area contributed by atoms with Crippen LogP contribution in [0.4, 0.5) is 0 Å². The number of rotatable bonds is 1. The lowest BCUT2D eigenvalue weighted by molar-refractivity contribution is -0.131. The number of carbonyl (C=O) groups is 1. The van der Waals surface area contributed by atoms with Crippen molar-refractivity contribution in [1.29, 1.82) is 0 Å². The Morgan fingerprint density at radius 3 is 2.53 bits per heavy atom. The van der Waals surface area contributed by atoms with E-state index in [4.69, 9.17) is 9.47 Å². The average molecular weight is 461 g/mol. The lowest BCUT2D eigenvalue weighted by atomic mass is 9.82. The molecule has 32 heavy (non-hydrogen) atoms. The number of ether oxygens (including phenoxy) is 2. The molecule has 1 amide bonds. The number of sulfonamides is 1. The van der Waals surface area contributed by atoms with Crippen LogP contribution in [-0.2, 0) is 19.6 Å². The van der Waals surface area contributed by atoms with Crippen LogP contribution in [0.15, 0.2) is 40.6 Å². The van der Waals surface area contributed by atoms with Gasteiger partial charge in [0.25, 0.3) is 15.9 Å². The fourth-order valence-corrected chi connectivity index (χ4v) is 5.16. The first-order chi connectivity index (χ1) is 15.2. The number of allylic oxidation sites excluding steroid dienone is 1. The molecule has 0 radical (unpaired) electrons. The van der Waals surface area contributed by atoms with Crippen LogP contribution in [0.2, 0.25) is 0 Å². The van der Waals surface area contributed by atoms with Crippen LogP contribution in [0.25, 0.3) is 0 Å². The highest BCUT2D eigenvalue weighted by molar-refractivity contribution is 7.91. The van der Waals surface area contributed by atoms with Gasteiger partial charge in [-0.05, 0) is 76.8 Å². The van der Waals surface area contributed by atoms with Gasteiger partial charge in [0.15, 0.2) is 6.61 Å². The minimum Gasteiger partial charge on any atom is -0.496 e. The molecule has 0 aromatic heterocycles. The second-order valence-corrected chi connectivity index (χ2v) is 12.1. The lowest BCUT2D eigenvalue weighted by Gasteiger charge is -2.32. The molecule has 0 N–H and O–H groups in total. The normalized spacial score (nSPS) is 27.6. The quantitative estimate of drug-likeness (QED) is 0.628. The van der Waals surface area contributed by atoms with Gasteiger partial charge in [-0.1, -0.05) is 18.2 Å². The van der Waals surface area contributed by atoms with Gasteiger partial charge in [0, 0.05) is 6.54 Å². The maximum atomic E-state index is 13.1. The predicted molar refractivity (Wildman–Crippen MR) is 123 cm³/mol. The van der Waals surface area contributed by atoms with Gasteiger partial charge < -0.3 is 14.4 Å². The van der Waals surface area contributed by atoms with Crippen LogP contribution in [0.3, 0.4) is 0 Å². The van der Waals surface area contributed by atoms with Crippen molar-refractivity contribution in [1.82, 2.24) is 4.90 Å². The largest absolute Gasteiger partial charge is 0.496 e. The summed E-state index contributed by atoms with van der Waals surface area (Å²) in [5.41, 5.74) is 1.96. The average Bonchev–Trinajstić information content (AvgIpc) is 2.77. The van der Waals surface area contributed by atoms with Gasteiger partial charge in [0.1, 0.15) is 17.7 Å². The van der Waals surface area contributed by atoms with Gasteiger partial charge >= 0.3 is 0 Å². The number of nitrogens with zero attached hydrogens (tertiary/aromatic N) is 2. The molecular formula is C24H32N2O5S. The highest BCUT2D eigenvalue weighted by Gasteiger charge is 2.34. The van der Waals surface area contributed by atoms with Crippen LogP contribution in [-0.4, -0.2) is 48.9 Å². The van der Waals surface area contributed by atoms with Crippen molar-refractivity contribution in [2.45, 2.75) is 76.1 Å². The van der Waals surface area contributed by atoms with Crippen LogP contribution in [0.1, 0.15) is 70.8 Å². The van der Waals surface area contributed by atoms with E-state index in [0.717, 1.165) is 37.0 Å². The van der Waals surface area contributed by atoms with Gasteiger partial charge in [-0.2, -0.15) is 4.40 Å². The molecule has 174 valence electrons. The summed E-state index contributed by atoms with van der Waals surface area (Å²) in [6.07, 6.45) is 6.44. The first-order valence-electron chi connectivity index (χ1n) is 11.4. The summed E-state index contributed by atoms with van der Waals surface area (Å²) in [6.45, 7) is 5.22. The Morgan fingerprint density at radius 1 is 1.09 bits per heavy atom. The number of fused-ring (bicyclic) bond motifs is 5. The molecule has 0 spiro atoms. The molecule has 1 aliphatic carbocycles. The summed E-state index contributed by atoms with van der Waals surface area (Å²) in [4.78, 5) is 14.7. The molecule has 8 heteroatoms. The fourth-order valence-electron chi connectivity index (χ4n) is 4.41. The molecule has 1 saturated carbocycles. The van der Waals surface area contributed by atoms with E-state index in [1.54, 1.807) is 31.9 Å². The number of piperidine rings is 1. The Hall–Kier alpha value is -2.35. The van der Waals surface area contributed by atoms with E-state index in [-0.39, 0.29) is 18.6 Å². The monoisotopic (exact) mass is 460 g/mol. The fraction of sp³-hybridized carbons (Fsp3) is 0.583. The van der Waals surface area contributed by atoms with E-state index in [9.17, 15) is 13.2 Å². The van der Waals surface area contributed by atoms with E-state index in [0.29, 0.717) is 36.7 Å². The van der Waals surface area contributed by atoms with Gasteiger partial charge in [-0.25, -0.2) is 8.42 Å². The number of hydrogen-bond donors (Lipinski definition) is 0. The lowest BCUT2D eigenvalue weighted by Crippen LogP contribution is -2.42. The van der Waals surface area contributed by atoms with Crippen molar-refractivity contribution in [3.8, 4) is 5.75 Å². The first-order valence-corrected chi connectivity index (χ1v) is 12.8. The standard InChI is InChI=1S/C24H32N2O5S/c1-24(2,3)32(28,29)25-20-8-6-14-26-21(20)15-30-18-12-10-17(11-13-18)19-7-4-5-9-22(19)31-16-23(26)27/h4-5,7,9,15,17-18H,6,8,10-14,16H2,1-3H3/b21-15-,25-20+. The minimum absolute atomic E-state index is 0.0342. The van der Waals surface area contributed by atoms with Crippen LogP contribution in [0, 0.1) is 0 Å². The van der Waals surface area contributed by atoms with Crippen LogP contribution in [0.5, 0.6) is 5.75 Å². The Bertz CT molecular complexity index is 1030. The van der Waals surface area contributed by atoms with E-state index in [1.807, 2.05) is 18.2 Å². The molecule has 1 aromatic carbocycles. The van der Waals surface area contributed by atoms with Crippen molar-refractivity contribution in [3.63, 3.8) is 0 Å². The molecule has 5 rings (SSSR count). The number of para-hydroxylation sites is 1. The van der Waals surface area contributed by atoms with E-state index in [1.165, 1.54) is 0 Å². The molecule has 3 aliphatic heterocycles. The summed E-state index contributed by atoms with van der Waals surface area (Å²) in [5.74, 6) is 0.893. The van der Waals surface area contributed by atoms with Crippen molar-refractivity contribution in [2.75, 3.05) is 13.2 Å². The molecule has 0 unspecified atom stereocenters. The number of amides is 1. The summed E-state index contributed by atoms with van der Waals surface area (Å²) < 4.78 is 40.8. The second kappa shape index (κ2) is 8.89. The summed E-state index contributed by atoms with van der Waals surface area (Å²) in [5, 5.41) is 0. The summed E-state index contributed by atoms with van der Waals surface area (Å²) in [7, 11) is -3.75. The van der Waals surface area contributed by atoms with Gasteiger partial charge in [-0.3, -0.25) is 4.79 Å². The Labute approximate surface area is 190 Å². The number of benzene rings is 1. The number of hydrogen-bond acceptors (Lipinski definition) is 5. The van der Waals surface area contributed by atoms with Crippen molar-refractivity contribution >= 4 is 21.6 Å². The molecule has 2 fully saturated rings. The zero-order valence-electron chi connectivity index (χ0n) is 19.0. The molecule has 1 saturated heterocycles. The highest BCUT2D eigenvalue weighted by Crippen LogP contribution is 2.39. The van der Waals surface area contributed by atoms with Crippen molar-refractivity contribution in [3.05, 3.63) is 41.8 Å². The third-order valence-corrected chi connectivity index (χ3v) is 8.45. The Morgan fingerprint density at radius 2 is 1.81 bits per heavy atom.